The Bertz CT molecular complexity index is 1420. The number of benzene rings is 2. The highest BCUT2D eigenvalue weighted by Crippen LogP contribution is 2.32. The summed E-state index contributed by atoms with van der Waals surface area (Å²) in [5, 5.41) is 17.3. The quantitative estimate of drug-likeness (QED) is 0.231. The molecule has 14 heteroatoms. The Morgan fingerprint density at radius 3 is 2.62 bits per heavy atom. The van der Waals surface area contributed by atoms with E-state index in [1.165, 1.54) is 18.2 Å². The molecule has 3 aromatic rings. The normalized spacial score (nSPS) is 11.6. The first-order valence-electron chi connectivity index (χ1n) is 8.82. The second kappa shape index (κ2) is 9.81. The molecule has 10 nitrogen and oxygen atoms in total. The number of hydrogen-bond acceptors (Lipinski definition) is 8. The third-order valence-corrected chi connectivity index (χ3v) is 6.39. The van der Waals surface area contributed by atoms with Crippen LogP contribution in [0.4, 0.5) is 17.1 Å². The maximum Gasteiger partial charge on any atom is 0.283 e. The molecule has 0 aliphatic heterocycles. The SMILES string of the molecule is CCOc1ccc(NS(=O)(=O)c2ccc(Cl)c(N=Nc3c(O)[nH]c(=S)[nH]c3=O)c2)cc1Br. The van der Waals surface area contributed by atoms with Crippen LogP contribution in [-0.2, 0) is 10.0 Å². The number of nitrogens with one attached hydrogen (secondary N) is 3. The van der Waals surface area contributed by atoms with Crippen molar-refractivity contribution in [3.05, 3.63) is 61.0 Å². The summed E-state index contributed by atoms with van der Waals surface area (Å²) in [5.41, 5.74) is -0.962. The van der Waals surface area contributed by atoms with Crippen LogP contribution in [0.15, 0.2) is 60.8 Å². The van der Waals surface area contributed by atoms with E-state index in [4.69, 9.17) is 28.6 Å². The van der Waals surface area contributed by atoms with E-state index in [0.717, 1.165) is 0 Å². The Morgan fingerprint density at radius 2 is 1.97 bits per heavy atom. The zero-order chi connectivity index (χ0) is 23.5. The maximum absolute atomic E-state index is 12.8. The number of H-pyrrole nitrogens is 2. The van der Waals surface area contributed by atoms with Gasteiger partial charge in [0.2, 0.25) is 11.6 Å². The molecule has 3 rings (SSSR count). The third-order valence-electron chi connectivity index (χ3n) is 3.87. The third kappa shape index (κ3) is 5.54. The van der Waals surface area contributed by atoms with Crippen molar-refractivity contribution in [1.29, 1.82) is 0 Å². The highest BCUT2D eigenvalue weighted by molar-refractivity contribution is 9.10. The standard InChI is InChI=1S/C18H15BrClN5O5S2/c1-2-30-14-6-3-9(7-11(14)19)25-32(28,29)10-4-5-12(20)13(8-10)23-24-15-16(26)21-18(31)22-17(15)27/h3-8,25H,2H2,1H3,(H3,21,22,26,27,31). The van der Waals surface area contributed by atoms with Crippen LogP contribution in [0.2, 0.25) is 5.02 Å². The van der Waals surface area contributed by atoms with Gasteiger partial charge >= 0.3 is 0 Å². The molecule has 0 amide bonds. The van der Waals surface area contributed by atoms with Gasteiger partial charge in [-0.2, -0.15) is 0 Å². The van der Waals surface area contributed by atoms with Crippen LogP contribution in [0.25, 0.3) is 0 Å². The molecular formula is C18H15BrClN5O5S2. The van der Waals surface area contributed by atoms with Crippen LogP contribution < -0.4 is 15.0 Å². The molecule has 2 aromatic carbocycles. The van der Waals surface area contributed by atoms with E-state index < -0.39 is 27.1 Å². The molecule has 0 aliphatic rings. The van der Waals surface area contributed by atoms with Crippen LogP contribution in [0.5, 0.6) is 11.6 Å². The minimum atomic E-state index is -4.01. The number of aromatic nitrogens is 2. The lowest BCUT2D eigenvalue weighted by molar-refractivity contribution is 0.338. The van der Waals surface area contributed by atoms with Crippen molar-refractivity contribution < 1.29 is 18.3 Å². The van der Waals surface area contributed by atoms with Crippen molar-refractivity contribution in [3.63, 3.8) is 0 Å². The van der Waals surface area contributed by atoms with E-state index in [9.17, 15) is 18.3 Å². The molecule has 0 atom stereocenters. The van der Waals surface area contributed by atoms with E-state index in [1.807, 2.05) is 6.92 Å². The summed E-state index contributed by atoms with van der Waals surface area (Å²) in [5.74, 6) is -0.0191. The van der Waals surface area contributed by atoms with Gasteiger partial charge in [-0.3, -0.25) is 14.5 Å². The molecule has 0 fully saturated rings. The molecule has 1 heterocycles. The highest BCUT2D eigenvalue weighted by atomic mass is 79.9. The Hall–Kier alpha value is -2.74. The summed E-state index contributed by atoms with van der Waals surface area (Å²) in [4.78, 5) is 16.3. The first kappa shape index (κ1) is 23.9. The number of ether oxygens (including phenoxy) is 1. The molecule has 0 saturated carbocycles. The number of aromatic amines is 2. The van der Waals surface area contributed by atoms with Crippen LogP contribution in [0.3, 0.4) is 0 Å². The summed E-state index contributed by atoms with van der Waals surface area (Å²) in [6, 6.07) is 8.53. The second-order valence-electron chi connectivity index (χ2n) is 6.10. The predicted octanol–water partition coefficient (Wildman–Crippen LogP) is 5.17. The number of nitrogens with zero attached hydrogens (tertiary/aromatic N) is 2. The fourth-order valence-electron chi connectivity index (χ4n) is 2.45. The Balaban J connectivity index is 1.91. The summed E-state index contributed by atoms with van der Waals surface area (Å²) < 4.78 is 34.0. The monoisotopic (exact) mass is 559 g/mol. The molecule has 0 aliphatic carbocycles. The van der Waals surface area contributed by atoms with E-state index in [0.29, 0.717) is 22.5 Å². The van der Waals surface area contributed by atoms with Gasteiger partial charge in [-0.15, -0.1) is 10.2 Å². The average molecular weight is 561 g/mol. The molecule has 0 unspecified atom stereocenters. The lowest BCUT2D eigenvalue weighted by Crippen LogP contribution is -2.13. The zero-order valence-corrected chi connectivity index (χ0v) is 20.2. The van der Waals surface area contributed by atoms with Gasteiger partial charge < -0.3 is 14.8 Å². The van der Waals surface area contributed by atoms with Gasteiger partial charge in [0.25, 0.3) is 15.6 Å². The molecule has 168 valence electrons. The van der Waals surface area contributed by atoms with Crippen molar-refractivity contribution >= 4 is 66.8 Å². The fraction of sp³-hybridized carbons (Fsp3) is 0.111. The minimum Gasteiger partial charge on any atom is -0.493 e. The molecule has 0 bridgehead atoms. The summed E-state index contributed by atoms with van der Waals surface area (Å²) in [6.45, 7) is 2.30. The van der Waals surface area contributed by atoms with Gasteiger partial charge in [-0.25, -0.2) is 8.42 Å². The van der Waals surface area contributed by atoms with Gasteiger partial charge in [0.15, 0.2) is 4.77 Å². The van der Waals surface area contributed by atoms with Gasteiger partial charge in [-0.05, 0) is 71.5 Å². The number of anilines is 1. The number of azo groups is 1. The summed E-state index contributed by atoms with van der Waals surface area (Å²) in [6.07, 6.45) is 0. The first-order valence-corrected chi connectivity index (χ1v) is 11.9. The van der Waals surface area contributed by atoms with Crippen molar-refractivity contribution in [2.24, 2.45) is 10.2 Å². The molecular weight excluding hydrogens is 546 g/mol. The van der Waals surface area contributed by atoms with E-state index in [-0.39, 0.29) is 20.4 Å². The van der Waals surface area contributed by atoms with E-state index in [1.54, 1.807) is 18.2 Å². The van der Waals surface area contributed by atoms with Crippen molar-refractivity contribution in [3.8, 4) is 11.6 Å². The molecule has 32 heavy (non-hydrogen) atoms. The number of rotatable bonds is 7. The zero-order valence-electron chi connectivity index (χ0n) is 16.2. The van der Waals surface area contributed by atoms with Crippen LogP contribution >= 0.6 is 39.7 Å². The van der Waals surface area contributed by atoms with Crippen molar-refractivity contribution in [2.45, 2.75) is 11.8 Å². The lowest BCUT2D eigenvalue weighted by atomic mass is 10.3. The topological polar surface area (TPSA) is 149 Å². The van der Waals surface area contributed by atoms with E-state index in [2.05, 4.69) is 40.8 Å². The van der Waals surface area contributed by atoms with E-state index >= 15 is 0 Å². The second-order valence-corrected chi connectivity index (χ2v) is 9.45. The van der Waals surface area contributed by atoms with Gasteiger partial charge in [0.1, 0.15) is 11.4 Å². The van der Waals surface area contributed by atoms with Crippen molar-refractivity contribution in [2.75, 3.05) is 11.3 Å². The molecule has 1 aromatic heterocycles. The van der Waals surface area contributed by atoms with Gasteiger partial charge in [-0.1, -0.05) is 11.6 Å². The minimum absolute atomic E-state index is 0.0383. The first-order chi connectivity index (χ1) is 15.1. The smallest absolute Gasteiger partial charge is 0.283 e. The molecule has 0 spiro atoms. The Morgan fingerprint density at radius 1 is 1.22 bits per heavy atom. The molecule has 4 N–H and O–H groups in total. The maximum atomic E-state index is 12.8. The Labute approximate surface area is 200 Å². The summed E-state index contributed by atoms with van der Waals surface area (Å²) in [7, 11) is -4.01. The largest absolute Gasteiger partial charge is 0.493 e. The number of hydrogen-bond donors (Lipinski definition) is 4. The van der Waals surface area contributed by atoms with Gasteiger partial charge in [0, 0.05) is 0 Å². The molecule has 0 saturated heterocycles. The van der Waals surface area contributed by atoms with Crippen LogP contribution in [-0.4, -0.2) is 30.1 Å². The average Bonchev–Trinajstić information content (AvgIpc) is 2.70. The Kier molecular flexibility index (Phi) is 7.33. The highest BCUT2D eigenvalue weighted by Gasteiger charge is 2.17. The number of halogens is 2. The number of sulfonamides is 1. The van der Waals surface area contributed by atoms with Crippen molar-refractivity contribution in [1.82, 2.24) is 9.97 Å². The van der Waals surface area contributed by atoms with Gasteiger partial charge in [0.05, 0.1) is 26.7 Å². The molecule has 0 radical (unpaired) electrons. The fourth-order valence-corrected chi connectivity index (χ4v) is 4.36. The van der Waals surface area contributed by atoms with Crippen LogP contribution in [0.1, 0.15) is 6.92 Å². The lowest BCUT2D eigenvalue weighted by Gasteiger charge is -2.11. The number of aromatic hydroxyl groups is 1. The summed E-state index contributed by atoms with van der Waals surface area (Å²) >= 11 is 14.1. The van der Waals surface area contributed by atoms with Crippen LogP contribution in [0, 0.1) is 4.77 Å². The predicted molar refractivity (Wildman–Crippen MR) is 126 cm³/mol.